The van der Waals surface area contributed by atoms with E-state index in [0.29, 0.717) is 5.56 Å². The Balaban J connectivity index is 2.13. The van der Waals surface area contributed by atoms with Gasteiger partial charge in [0.2, 0.25) is 0 Å². The van der Waals surface area contributed by atoms with Gasteiger partial charge in [-0.3, -0.25) is 19.3 Å². The van der Waals surface area contributed by atoms with Gasteiger partial charge in [-0.1, -0.05) is 39.8 Å². The zero-order valence-electron chi connectivity index (χ0n) is 21.9. The molecular weight excluding hydrogens is 478 g/mol. The van der Waals surface area contributed by atoms with E-state index in [9.17, 15) is 34.8 Å². The molecule has 200 valence electrons. The minimum absolute atomic E-state index is 0.0146. The van der Waals surface area contributed by atoms with Crippen LogP contribution in [0.25, 0.3) is 0 Å². The van der Waals surface area contributed by atoms with E-state index in [0.717, 1.165) is 0 Å². The smallest absolute Gasteiger partial charge is 0.255 e. The topological polar surface area (TPSA) is 173 Å². The number of nitrogens with two attached hydrogens (primary N) is 1. The SMILES string of the molecule is C[C@H]1c2cccc(O)c2C(=O)C2=C(NCC(C)(C)C)[C@]3(O)C(O)=C(C(N)=O)C(=O)[C@@H](N(C)C)[C@@H]3[C@@H](O)[C@@H]21. The first kappa shape index (κ1) is 26.8. The normalized spacial score (nSPS) is 31.8. The number of aliphatic hydroxyl groups is 3. The van der Waals surface area contributed by atoms with Gasteiger partial charge in [0.25, 0.3) is 5.91 Å². The maximum Gasteiger partial charge on any atom is 0.255 e. The number of aliphatic hydroxyl groups excluding tert-OH is 2. The Morgan fingerprint density at radius 3 is 2.35 bits per heavy atom. The van der Waals surface area contributed by atoms with Gasteiger partial charge in [-0.2, -0.15) is 0 Å². The number of hydrogen-bond donors (Lipinski definition) is 6. The van der Waals surface area contributed by atoms with E-state index < -0.39 is 64.3 Å². The van der Waals surface area contributed by atoms with Crippen LogP contribution < -0.4 is 11.1 Å². The van der Waals surface area contributed by atoms with Crippen molar-refractivity contribution in [3.8, 4) is 5.75 Å². The Morgan fingerprint density at radius 1 is 1.19 bits per heavy atom. The molecule has 0 radical (unpaired) electrons. The summed E-state index contributed by atoms with van der Waals surface area (Å²) < 4.78 is 0. The zero-order chi connectivity index (χ0) is 27.8. The molecule has 0 aliphatic heterocycles. The Kier molecular flexibility index (Phi) is 6.30. The molecule has 10 heteroatoms. The average molecular weight is 514 g/mol. The summed E-state index contributed by atoms with van der Waals surface area (Å²) in [4.78, 5) is 41.2. The number of carbonyl (C=O) groups is 3. The summed E-state index contributed by atoms with van der Waals surface area (Å²) in [5.41, 5.74) is 2.27. The molecule has 1 aromatic rings. The van der Waals surface area contributed by atoms with Gasteiger partial charge < -0.3 is 31.5 Å². The molecule has 0 aromatic heterocycles. The highest BCUT2D eigenvalue weighted by atomic mass is 16.3. The van der Waals surface area contributed by atoms with E-state index in [1.807, 2.05) is 20.8 Å². The van der Waals surface area contributed by atoms with Gasteiger partial charge >= 0.3 is 0 Å². The van der Waals surface area contributed by atoms with Crippen molar-refractivity contribution in [3.63, 3.8) is 0 Å². The van der Waals surface area contributed by atoms with Crippen molar-refractivity contribution in [3.05, 3.63) is 51.9 Å². The number of ketones is 2. The van der Waals surface area contributed by atoms with Crippen LogP contribution in [0.4, 0.5) is 0 Å². The maximum atomic E-state index is 14.0. The molecule has 6 atom stereocenters. The fourth-order valence-electron chi connectivity index (χ4n) is 6.19. The van der Waals surface area contributed by atoms with Crippen molar-refractivity contribution in [2.45, 2.75) is 51.4 Å². The zero-order valence-corrected chi connectivity index (χ0v) is 21.9. The standard InChI is InChI=1S/C27H35N3O7/c1-11-12-8-7-9-13(31)15(12)20(32)16-14(11)21(33)18-19(30(5)6)22(34)17(25(28)36)24(35)27(18,37)23(16)29-10-26(2,3)4/h7-9,11,14,18-19,21,29,31,33,35,37H,10H2,1-6H3,(H2,28,36)/t11-,14+,18+,19-,21-,27-/m0/s1. The number of primary amides is 1. The Labute approximate surface area is 215 Å². The predicted octanol–water partition coefficient (Wildman–Crippen LogP) is 0.730. The first-order valence-electron chi connectivity index (χ1n) is 12.2. The number of carbonyl (C=O) groups excluding carboxylic acids is 3. The molecule has 3 aliphatic rings. The fourth-order valence-corrected chi connectivity index (χ4v) is 6.19. The Bertz CT molecular complexity index is 1260. The molecule has 1 amide bonds. The van der Waals surface area contributed by atoms with Crippen LogP contribution in [-0.4, -0.2) is 81.2 Å². The summed E-state index contributed by atoms with van der Waals surface area (Å²) >= 11 is 0. The van der Waals surface area contributed by atoms with E-state index in [-0.39, 0.29) is 34.5 Å². The molecule has 10 nitrogen and oxygen atoms in total. The van der Waals surface area contributed by atoms with Crippen LogP contribution in [0, 0.1) is 17.3 Å². The number of Topliss-reactive ketones (excluding diaryl/α,β-unsaturated/α-hetero) is 2. The van der Waals surface area contributed by atoms with Crippen molar-refractivity contribution in [1.29, 1.82) is 0 Å². The molecule has 4 rings (SSSR count). The number of nitrogens with zero attached hydrogens (tertiary/aromatic N) is 1. The van der Waals surface area contributed by atoms with Gasteiger partial charge in [0.15, 0.2) is 17.2 Å². The second kappa shape index (κ2) is 8.68. The van der Waals surface area contributed by atoms with E-state index in [4.69, 9.17) is 5.73 Å². The molecule has 0 fully saturated rings. The molecule has 0 unspecified atom stereocenters. The molecule has 0 spiro atoms. The molecule has 37 heavy (non-hydrogen) atoms. The number of phenols is 1. The monoisotopic (exact) mass is 513 g/mol. The lowest BCUT2D eigenvalue weighted by Gasteiger charge is -2.55. The molecule has 0 heterocycles. The predicted molar refractivity (Wildman–Crippen MR) is 135 cm³/mol. The maximum absolute atomic E-state index is 14.0. The van der Waals surface area contributed by atoms with Gasteiger partial charge in [0, 0.05) is 18.0 Å². The number of likely N-dealkylation sites (N-methyl/N-ethyl adjacent to an activating group) is 1. The quantitative estimate of drug-likeness (QED) is 0.317. The molecule has 1 aromatic carbocycles. The van der Waals surface area contributed by atoms with Crippen LogP contribution in [-0.2, 0) is 9.59 Å². The fraction of sp³-hybridized carbons (Fsp3) is 0.519. The summed E-state index contributed by atoms with van der Waals surface area (Å²) in [5.74, 6) is -6.65. The lowest BCUT2D eigenvalue weighted by Crippen LogP contribution is -2.69. The van der Waals surface area contributed by atoms with Gasteiger partial charge in [-0.25, -0.2) is 0 Å². The number of benzene rings is 1. The van der Waals surface area contributed by atoms with Crippen molar-refractivity contribution < 1.29 is 34.8 Å². The third-order valence-electron chi connectivity index (χ3n) is 7.83. The van der Waals surface area contributed by atoms with Crippen LogP contribution in [0.3, 0.4) is 0 Å². The Morgan fingerprint density at radius 2 is 1.81 bits per heavy atom. The van der Waals surface area contributed by atoms with Gasteiger partial charge in [0.05, 0.1) is 29.3 Å². The van der Waals surface area contributed by atoms with Crippen molar-refractivity contribution in [2.24, 2.45) is 23.0 Å². The van der Waals surface area contributed by atoms with Gasteiger partial charge in [-0.15, -0.1) is 0 Å². The third kappa shape index (κ3) is 3.77. The lowest BCUT2D eigenvalue weighted by atomic mass is 9.55. The summed E-state index contributed by atoms with van der Waals surface area (Å²) in [6.07, 6.45) is -1.48. The highest BCUT2D eigenvalue weighted by molar-refractivity contribution is 6.22. The molecule has 0 saturated carbocycles. The molecular formula is C27H35N3O7. The summed E-state index contributed by atoms with van der Waals surface area (Å²) in [5, 5.41) is 49.2. The van der Waals surface area contributed by atoms with Gasteiger partial charge in [0.1, 0.15) is 17.1 Å². The van der Waals surface area contributed by atoms with Gasteiger partial charge in [-0.05, 0) is 37.1 Å². The summed E-state index contributed by atoms with van der Waals surface area (Å²) in [6, 6.07) is 3.45. The second-order valence-corrected chi connectivity index (χ2v) is 11.7. The molecule has 0 bridgehead atoms. The van der Waals surface area contributed by atoms with E-state index >= 15 is 0 Å². The lowest BCUT2D eigenvalue weighted by molar-refractivity contribution is -0.146. The number of aromatic hydroxyl groups is 1. The summed E-state index contributed by atoms with van der Waals surface area (Å²) in [6.45, 7) is 7.80. The second-order valence-electron chi connectivity index (χ2n) is 11.7. The van der Waals surface area contributed by atoms with Crippen LogP contribution in [0.5, 0.6) is 5.75 Å². The van der Waals surface area contributed by atoms with Crippen LogP contribution in [0.2, 0.25) is 0 Å². The van der Waals surface area contributed by atoms with E-state index in [1.165, 1.54) is 11.0 Å². The highest BCUT2D eigenvalue weighted by Crippen LogP contribution is 2.56. The van der Waals surface area contributed by atoms with E-state index in [2.05, 4.69) is 5.32 Å². The number of nitrogens with one attached hydrogen (secondary N) is 1. The molecule has 0 saturated heterocycles. The number of hydrogen-bond acceptors (Lipinski definition) is 9. The average Bonchev–Trinajstić information content (AvgIpc) is 2.77. The van der Waals surface area contributed by atoms with Crippen molar-refractivity contribution in [2.75, 3.05) is 20.6 Å². The summed E-state index contributed by atoms with van der Waals surface area (Å²) in [7, 11) is 3.11. The number of rotatable bonds is 4. The minimum Gasteiger partial charge on any atom is -0.508 e. The van der Waals surface area contributed by atoms with Crippen molar-refractivity contribution in [1.82, 2.24) is 10.2 Å². The first-order chi connectivity index (χ1) is 17.1. The number of fused-ring (bicyclic) bond motifs is 3. The highest BCUT2D eigenvalue weighted by Gasteiger charge is 2.66. The molecule has 3 aliphatic carbocycles. The van der Waals surface area contributed by atoms with Crippen LogP contribution in [0.1, 0.15) is 49.5 Å². The minimum atomic E-state index is -2.51. The number of phenolic OH excluding ortho intramolecular Hbond substituents is 1. The number of amides is 1. The third-order valence-corrected chi connectivity index (χ3v) is 7.83. The van der Waals surface area contributed by atoms with E-state index in [1.54, 1.807) is 33.2 Å². The first-order valence-corrected chi connectivity index (χ1v) is 12.2. The van der Waals surface area contributed by atoms with Crippen LogP contribution >= 0.6 is 0 Å². The largest absolute Gasteiger partial charge is 0.508 e. The molecule has 7 N–H and O–H groups in total. The van der Waals surface area contributed by atoms with Crippen molar-refractivity contribution >= 4 is 17.5 Å². The Hall–Kier alpha value is -3.21. The van der Waals surface area contributed by atoms with Crippen LogP contribution in [0.15, 0.2) is 40.8 Å².